The number of hydrogen-bond acceptors (Lipinski definition) is 2. The highest BCUT2D eigenvalue weighted by atomic mass is 19.4. The third kappa shape index (κ3) is 2.72. The first-order valence-electron chi connectivity index (χ1n) is 5.37. The Morgan fingerprint density at radius 2 is 1.63 bits per heavy atom. The molecule has 19 heavy (non-hydrogen) atoms. The Hall–Kier alpha value is -2.39. The van der Waals surface area contributed by atoms with Crippen molar-refractivity contribution in [1.82, 2.24) is 0 Å². The molecule has 0 unspecified atom stereocenters. The molecule has 0 spiro atoms. The number of hydrogen-bond donors (Lipinski definition) is 0. The average molecular weight is 263 g/mol. The van der Waals surface area contributed by atoms with Crippen molar-refractivity contribution < 1.29 is 18.0 Å². The van der Waals surface area contributed by atoms with E-state index in [0.717, 1.165) is 6.07 Å². The summed E-state index contributed by atoms with van der Waals surface area (Å²) < 4.78 is 39.0. The quantitative estimate of drug-likeness (QED) is 0.585. The van der Waals surface area contributed by atoms with E-state index >= 15 is 0 Å². The molecule has 0 N–H and O–H groups in total. The highest BCUT2D eigenvalue weighted by Gasteiger charge is 2.34. The van der Waals surface area contributed by atoms with Crippen molar-refractivity contribution in [2.45, 2.75) is 6.18 Å². The minimum absolute atomic E-state index is 0.0453. The van der Waals surface area contributed by atoms with Crippen molar-refractivity contribution in [3.63, 3.8) is 0 Å². The van der Waals surface area contributed by atoms with E-state index in [9.17, 15) is 18.0 Å². The van der Waals surface area contributed by atoms with Crippen molar-refractivity contribution in [3.05, 3.63) is 54.1 Å². The van der Waals surface area contributed by atoms with Gasteiger partial charge in [0.2, 0.25) is 6.08 Å². The van der Waals surface area contributed by atoms with Gasteiger partial charge in [-0.05, 0) is 17.7 Å². The Bertz CT molecular complexity index is 629. The molecule has 0 bridgehead atoms. The Balaban J connectivity index is 2.77. The molecule has 2 aromatic carbocycles. The normalized spacial score (nSPS) is 10.9. The monoisotopic (exact) mass is 263 g/mol. The zero-order chi connectivity index (χ0) is 13.9. The van der Waals surface area contributed by atoms with Gasteiger partial charge in [-0.25, -0.2) is 4.79 Å². The number of halogens is 3. The fourth-order valence-electron chi connectivity index (χ4n) is 1.83. The zero-order valence-corrected chi connectivity index (χ0v) is 9.61. The molecule has 0 fully saturated rings. The van der Waals surface area contributed by atoms with Crippen LogP contribution in [0.25, 0.3) is 11.1 Å². The lowest BCUT2D eigenvalue weighted by atomic mass is 9.97. The minimum atomic E-state index is -4.51. The van der Waals surface area contributed by atoms with Gasteiger partial charge in [0, 0.05) is 5.56 Å². The van der Waals surface area contributed by atoms with Crippen molar-refractivity contribution in [2.24, 2.45) is 4.99 Å². The maximum absolute atomic E-state index is 13.0. The van der Waals surface area contributed by atoms with E-state index < -0.39 is 11.7 Å². The maximum Gasteiger partial charge on any atom is 0.417 e. The second-order valence-corrected chi connectivity index (χ2v) is 3.77. The fraction of sp³-hybridized carbons (Fsp3) is 0.0714. The van der Waals surface area contributed by atoms with Gasteiger partial charge in [-0.2, -0.15) is 18.2 Å². The van der Waals surface area contributed by atoms with Crippen molar-refractivity contribution in [1.29, 1.82) is 0 Å². The number of rotatable bonds is 2. The molecular weight excluding hydrogens is 255 g/mol. The summed E-state index contributed by atoms with van der Waals surface area (Å²) in [5, 5.41) is 0. The molecule has 0 saturated heterocycles. The van der Waals surface area contributed by atoms with E-state index in [1.807, 2.05) is 0 Å². The van der Waals surface area contributed by atoms with E-state index in [1.165, 1.54) is 30.3 Å². The number of isocyanates is 1. The summed E-state index contributed by atoms with van der Waals surface area (Å²) in [7, 11) is 0. The smallest absolute Gasteiger partial charge is 0.211 e. The molecule has 0 aliphatic carbocycles. The predicted molar refractivity (Wildman–Crippen MR) is 64.7 cm³/mol. The number of carbonyl (C=O) groups excluding carboxylic acids is 1. The van der Waals surface area contributed by atoms with Gasteiger partial charge in [0.25, 0.3) is 0 Å². The number of alkyl halides is 3. The van der Waals surface area contributed by atoms with Gasteiger partial charge in [0.15, 0.2) is 0 Å². The summed E-state index contributed by atoms with van der Waals surface area (Å²) in [5.74, 6) is 0. The molecule has 96 valence electrons. The molecule has 0 radical (unpaired) electrons. The predicted octanol–water partition coefficient (Wildman–Crippen LogP) is 4.34. The molecule has 0 aromatic heterocycles. The lowest BCUT2D eigenvalue weighted by Gasteiger charge is -2.14. The third-order valence-corrected chi connectivity index (χ3v) is 2.58. The molecular formula is C14H8F3NO. The van der Waals surface area contributed by atoms with E-state index in [2.05, 4.69) is 4.99 Å². The first kappa shape index (κ1) is 13.1. The van der Waals surface area contributed by atoms with Crippen molar-refractivity contribution in [2.75, 3.05) is 0 Å². The van der Waals surface area contributed by atoms with E-state index in [0.29, 0.717) is 5.56 Å². The van der Waals surface area contributed by atoms with Gasteiger partial charge < -0.3 is 0 Å². The van der Waals surface area contributed by atoms with Crippen LogP contribution in [0.1, 0.15) is 5.56 Å². The Morgan fingerprint density at radius 1 is 0.947 bits per heavy atom. The number of benzene rings is 2. The second kappa shape index (κ2) is 5.08. The summed E-state index contributed by atoms with van der Waals surface area (Å²) in [6.45, 7) is 0. The first-order valence-corrected chi connectivity index (χ1v) is 5.37. The molecule has 2 rings (SSSR count). The van der Waals surface area contributed by atoms with Crippen molar-refractivity contribution >= 4 is 11.8 Å². The molecule has 5 heteroatoms. The van der Waals surface area contributed by atoms with Gasteiger partial charge >= 0.3 is 6.18 Å². The largest absolute Gasteiger partial charge is 0.417 e. The van der Waals surface area contributed by atoms with E-state index in [1.54, 1.807) is 18.2 Å². The van der Waals surface area contributed by atoms with Crippen LogP contribution in [0.4, 0.5) is 18.9 Å². The van der Waals surface area contributed by atoms with E-state index in [-0.39, 0.29) is 11.3 Å². The van der Waals surface area contributed by atoms with Gasteiger partial charge in [-0.15, -0.1) is 0 Å². The van der Waals surface area contributed by atoms with Gasteiger partial charge in [-0.3, -0.25) is 0 Å². The van der Waals surface area contributed by atoms with Crippen LogP contribution in [0.5, 0.6) is 0 Å². The van der Waals surface area contributed by atoms with Crippen LogP contribution < -0.4 is 0 Å². The summed E-state index contributed by atoms with van der Waals surface area (Å²) in [6, 6.07) is 11.5. The van der Waals surface area contributed by atoms with Crippen molar-refractivity contribution in [3.8, 4) is 11.1 Å². The van der Waals surface area contributed by atoms with Crippen LogP contribution >= 0.6 is 0 Å². The highest BCUT2D eigenvalue weighted by molar-refractivity contribution is 5.80. The van der Waals surface area contributed by atoms with Crippen LogP contribution in [0.3, 0.4) is 0 Å². The molecule has 0 saturated carbocycles. The number of aliphatic imine (C=N–C) groups is 1. The molecule has 0 heterocycles. The van der Waals surface area contributed by atoms with Gasteiger partial charge in [-0.1, -0.05) is 36.4 Å². The summed E-state index contributed by atoms with van der Waals surface area (Å²) in [6.07, 6.45) is -3.23. The lowest BCUT2D eigenvalue weighted by molar-refractivity contribution is -0.137. The second-order valence-electron chi connectivity index (χ2n) is 3.77. The average Bonchev–Trinajstić information content (AvgIpc) is 2.39. The topological polar surface area (TPSA) is 29.4 Å². The molecule has 0 aliphatic rings. The molecule has 2 aromatic rings. The molecule has 2 nitrogen and oxygen atoms in total. The van der Waals surface area contributed by atoms with Gasteiger partial charge in [0.05, 0.1) is 11.3 Å². The summed E-state index contributed by atoms with van der Waals surface area (Å²) >= 11 is 0. The zero-order valence-electron chi connectivity index (χ0n) is 9.61. The molecule has 0 aliphatic heterocycles. The van der Waals surface area contributed by atoms with Gasteiger partial charge in [0.1, 0.15) is 0 Å². The number of nitrogens with zero attached hydrogens (tertiary/aromatic N) is 1. The minimum Gasteiger partial charge on any atom is -0.211 e. The Labute approximate surface area is 107 Å². The third-order valence-electron chi connectivity index (χ3n) is 2.58. The van der Waals surface area contributed by atoms with Crippen LogP contribution in [-0.2, 0) is 11.0 Å². The van der Waals surface area contributed by atoms with Crippen LogP contribution in [-0.4, -0.2) is 6.08 Å². The van der Waals surface area contributed by atoms with E-state index in [4.69, 9.17) is 0 Å². The highest BCUT2D eigenvalue weighted by Crippen LogP contribution is 2.41. The summed E-state index contributed by atoms with van der Waals surface area (Å²) in [5.41, 5.74) is -0.630. The fourth-order valence-corrected chi connectivity index (χ4v) is 1.83. The van der Waals surface area contributed by atoms with Crippen LogP contribution in [0.15, 0.2) is 53.5 Å². The summed E-state index contributed by atoms with van der Waals surface area (Å²) in [4.78, 5) is 13.7. The lowest BCUT2D eigenvalue weighted by Crippen LogP contribution is -2.07. The SMILES string of the molecule is O=C=Nc1cccc(C(F)(F)F)c1-c1ccccc1. The molecule has 0 atom stereocenters. The Kier molecular flexibility index (Phi) is 3.49. The Morgan fingerprint density at radius 3 is 2.21 bits per heavy atom. The standard InChI is InChI=1S/C14H8F3NO/c15-14(16,17)11-7-4-8-12(18-9-19)13(11)10-5-2-1-3-6-10/h1-8H. The van der Waals surface area contributed by atoms with Crippen LogP contribution in [0, 0.1) is 0 Å². The first-order chi connectivity index (χ1) is 9.04. The van der Waals surface area contributed by atoms with Crippen LogP contribution in [0.2, 0.25) is 0 Å². The maximum atomic E-state index is 13.0. The molecule has 0 amide bonds.